The van der Waals surface area contributed by atoms with Crippen molar-refractivity contribution in [2.24, 2.45) is 50.2 Å². The maximum atomic E-state index is 14.6. The largest absolute Gasteiger partial charge is 0.432 e. The molecule has 10 N–H and O–H groups in total. The number of fused-ring (bicyclic) bond motifs is 7. The van der Waals surface area contributed by atoms with E-state index in [2.05, 4.69) is 54.5 Å². The van der Waals surface area contributed by atoms with Gasteiger partial charge in [-0.05, 0) is 109 Å². The van der Waals surface area contributed by atoms with Gasteiger partial charge in [0.15, 0.2) is 12.6 Å². The number of aliphatic hydroxyl groups excluding tert-OH is 10. The summed E-state index contributed by atoms with van der Waals surface area (Å²) < 4.78 is 35.6. The molecule has 7 fully saturated rings. The summed E-state index contributed by atoms with van der Waals surface area (Å²) in [6.07, 6.45) is -10.9. The molecule has 0 aromatic rings. The first-order chi connectivity index (χ1) is 29.9. The van der Waals surface area contributed by atoms with Gasteiger partial charge in [-0.3, -0.25) is 4.79 Å². The van der Waals surface area contributed by atoms with Crippen molar-refractivity contribution in [1.29, 1.82) is 0 Å². The fraction of sp³-hybridized carbons (Fsp3) is 0.936. The smallest absolute Gasteiger partial charge is 0.315 e. The van der Waals surface area contributed by atoms with Crippen molar-refractivity contribution in [3.63, 3.8) is 0 Å². The van der Waals surface area contributed by atoms with E-state index in [4.69, 9.17) is 28.4 Å². The molecule has 8 aliphatic rings. The van der Waals surface area contributed by atoms with Crippen LogP contribution in [0, 0.1) is 50.2 Å². The third kappa shape index (κ3) is 7.58. The van der Waals surface area contributed by atoms with Crippen LogP contribution in [0.2, 0.25) is 0 Å². The first-order valence-corrected chi connectivity index (χ1v) is 23.7. The van der Waals surface area contributed by atoms with Crippen LogP contribution in [0.25, 0.3) is 0 Å². The molecule has 3 saturated heterocycles. The van der Waals surface area contributed by atoms with Crippen molar-refractivity contribution < 1.29 is 84.3 Å². The van der Waals surface area contributed by atoms with Crippen LogP contribution in [-0.4, -0.2) is 169 Å². The monoisotopic (exact) mass is 913 g/mol. The van der Waals surface area contributed by atoms with Crippen LogP contribution in [0.1, 0.15) is 113 Å². The summed E-state index contributed by atoms with van der Waals surface area (Å²) in [5.74, 6) is -0.0598. The van der Waals surface area contributed by atoms with Gasteiger partial charge < -0.3 is 79.5 Å². The average molecular weight is 913 g/mol. The number of carbonyl (C=O) groups is 1. The van der Waals surface area contributed by atoms with Gasteiger partial charge in [0, 0.05) is 0 Å². The number of hydrogen-bond donors (Lipinski definition) is 10. The molecule has 17 nitrogen and oxygen atoms in total. The molecule has 8 rings (SSSR count). The second-order valence-corrected chi connectivity index (χ2v) is 23.0. The summed E-state index contributed by atoms with van der Waals surface area (Å²) in [4.78, 5) is 14.6. The summed E-state index contributed by atoms with van der Waals surface area (Å²) >= 11 is 0. The van der Waals surface area contributed by atoms with Gasteiger partial charge in [-0.25, -0.2) is 0 Å². The molecule has 17 heteroatoms. The second kappa shape index (κ2) is 17.2. The van der Waals surface area contributed by atoms with Crippen molar-refractivity contribution in [2.45, 2.75) is 205 Å². The van der Waals surface area contributed by atoms with E-state index in [1.165, 1.54) is 5.57 Å². The van der Waals surface area contributed by atoms with Gasteiger partial charge in [-0.1, -0.05) is 60.1 Å². The Morgan fingerprint density at radius 2 is 1.28 bits per heavy atom. The summed E-state index contributed by atoms with van der Waals surface area (Å²) in [6.45, 7) is 14.7. The lowest BCUT2D eigenvalue weighted by atomic mass is 9.33. The molecule has 3 aliphatic heterocycles. The van der Waals surface area contributed by atoms with E-state index in [1.54, 1.807) is 0 Å². The van der Waals surface area contributed by atoms with Gasteiger partial charge >= 0.3 is 5.97 Å². The Hall–Kier alpha value is -1.39. The van der Waals surface area contributed by atoms with Crippen LogP contribution in [0.4, 0.5) is 0 Å². The van der Waals surface area contributed by atoms with E-state index in [0.717, 1.165) is 44.9 Å². The third-order valence-electron chi connectivity index (χ3n) is 18.9. The molecular formula is C47H76O17. The highest BCUT2D eigenvalue weighted by Crippen LogP contribution is 2.76. The van der Waals surface area contributed by atoms with E-state index < -0.39 is 111 Å². The maximum Gasteiger partial charge on any atom is 0.315 e. The van der Waals surface area contributed by atoms with Crippen LogP contribution < -0.4 is 0 Å². The quantitative estimate of drug-likeness (QED) is 0.0916. The topological polar surface area (TPSA) is 275 Å². The molecule has 4 saturated carbocycles. The predicted molar refractivity (Wildman–Crippen MR) is 224 cm³/mol. The zero-order valence-corrected chi connectivity index (χ0v) is 38.5. The van der Waals surface area contributed by atoms with Crippen molar-refractivity contribution in [3.8, 4) is 0 Å². The highest BCUT2D eigenvalue weighted by Gasteiger charge is 2.70. The number of rotatable bonds is 8. The molecule has 0 bridgehead atoms. The van der Waals surface area contributed by atoms with Crippen molar-refractivity contribution in [3.05, 3.63) is 11.6 Å². The zero-order valence-electron chi connectivity index (χ0n) is 38.5. The molecule has 0 spiro atoms. The van der Waals surface area contributed by atoms with E-state index in [1.807, 2.05) is 0 Å². The molecule has 366 valence electrons. The number of ether oxygens (including phenoxy) is 6. The van der Waals surface area contributed by atoms with Crippen molar-refractivity contribution in [2.75, 3.05) is 19.8 Å². The molecule has 0 unspecified atom stereocenters. The summed E-state index contributed by atoms with van der Waals surface area (Å²) in [5, 5.41) is 105. The SMILES string of the molecule is CC1(C)CC[C@]2(C(=O)O[C@@H]3O[C@H](CO)[C@@H](O)[C@H](O)[C@H]3O)CC[C@]3(C)C(=CC[C@@H]4[C@@]5(C)CC[C@H](O[C@@H]6OC[C@H](O)[C@H](O[C@@H]7O[C@H](CO)[C@@H](O)[C@H](O)[C@H]7O)[C@H]6O)C(C)(C)[C@@H]5CC[C@]43C)[C@@H]2C1. The number of aliphatic hydroxyl groups is 10. The molecule has 0 aromatic heterocycles. The van der Waals surface area contributed by atoms with Crippen LogP contribution in [-0.2, 0) is 33.2 Å². The van der Waals surface area contributed by atoms with Crippen LogP contribution in [0.15, 0.2) is 11.6 Å². The summed E-state index contributed by atoms with van der Waals surface area (Å²) in [5.41, 5.74) is -0.434. The fourth-order valence-corrected chi connectivity index (χ4v) is 14.8. The van der Waals surface area contributed by atoms with Gasteiger partial charge in [0.2, 0.25) is 6.29 Å². The number of esters is 1. The Morgan fingerprint density at radius 1 is 0.672 bits per heavy atom. The summed E-state index contributed by atoms with van der Waals surface area (Å²) in [7, 11) is 0. The third-order valence-corrected chi connectivity index (χ3v) is 18.9. The van der Waals surface area contributed by atoms with E-state index in [0.29, 0.717) is 25.2 Å². The van der Waals surface area contributed by atoms with Crippen LogP contribution in [0.5, 0.6) is 0 Å². The lowest BCUT2D eigenvalue weighted by molar-refractivity contribution is -0.357. The highest BCUT2D eigenvalue weighted by atomic mass is 16.7. The minimum atomic E-state index is -1.72. The minimum absolute atomic E-state index is 0.0414. The highest BCUT2D eigenvalue weighted by molar-refractivity contribution is 5.79. The molecular weight excluding hydrogens is 836 g/mol. The van der Waals surface area contributed by atoms with E-state index >= 15 is 0 Å². The van der Waals surface area contributed by atoms with Gasteiger partial charge in [0.05, 0.1) is 31.3 Å². The van der Waals surface area contributed by atoms with Gasteiger partial charge in [-0.15, -0.1) is 0 Å². The predicted octanol–water partition coefficient (Wildman–Crippen LogP) is 0.780. The van der Waals surface area contributed by atoms with Gasteiger partial charge in [0.25, 0.3) is 0 Å². The maximum absolute atomic E-state index is 14.6. The molecule has 0 aromatic carbocycles. The Labute approximate surface area is 376 Å². The van der Waals surface area contributed by atoms with Gasteiger partial charge in [-0.2, -0.15) is 0 Å². The van der Waals surface area contributed by atoms with Crippen molar-refractivity contribution >= 4 is 5.97 Å². The average Bonchev–Trinajstić information content (AvgIpc) is 3.24. The Kier molecular flexibility index (Phi) is 13.2. The molecule has 0 radical (unpaired) electrons. The molecule has 22 atom stereocenters. The van der Waals surface area contributed by atoms with Gasteiger partial charge in [0.1, 0.15) is 67.1 Å². The first kappa shape index (κ1) is 49.0. The first-order valence-electron chi connectivity index (χ1n) is 23.7. The lowest BCUT2D eigenvalue weighted by Crippen LogP contribution is -2.66. The van der Waals surface area contributed by atoms with Crippen molar-refractivity contribution in [1.82, 2.24) is 0 Å². The molecule has 3 heterocycles. The Morgan fingerprint density at radius 3 is 1.92 bits per heavy atom. The Bertz CT molecular complexity index is 1740. The van der Waals surface area contributed by atoms with Crippen LogP contribution >= 0.6 is 0 Å². The zero-order chi connectivity index (χ0) is 46.7. The number of allylic oxidation sites excluding steroid dienone is 2. The summed E-state index contributed by atoms with van der Waals surface area (Å²) in [6, 6.07) is 0. The minimum Gasteiger partial charge on any atom is -0.432 e. The normalized spacial score (nSPS) is 53.4. The molecule has 5 aliphatic carbocycles. The lowest BCUT2D eigenvalue weighted by Gasteiger charge is -2.71. The Balaban J connectivity index is 1.01. The van der Waals surface area contributed by atoms with Crippen LogP contribution in [0.3, 0.4) is 0 Å². The van der Waals surface area contributed by atoms with E-state index in [9.17, 15) is 55.9 Å². The number of hydrogen-bond acceptors (Lipinski definition) is 17. The van der Waals surface area contributed by atoms with E-state index in [-0.39, 0.29) is 51.6 Å². The second-order valence-electron chi connectivity index (χ2n) is 23.0. The number of carbonyl (C=O) groups excluding carboxylic acids is 1. The molecule has 64 heavy (non-hydrogen) atoms. The fourth-order valence-electron chi connectivity index (χ4n) is 14.8. The molecule has 0 amide bonds. The standard InChI is InChI=1S/C47H76O17/c1-42(2)14-16-47(41(58)64-40-35(56)33(54)31(52)26(20-49)61-40)17-15-45(6)22(23(47)18-42)8-9-28-44(5)12-11-29(43(3,4)27(44)10-13-46(28,45)7)62-38-36(57)37(24(50)21-59-38)63-39-34(55)32(53)30(51)25(19-48)60-39/h8,23-40,48-57H,9-21H2,1-7H3/t23-,24-,25+,26+,27-,28+,29-,30+,31+,32-,33-,34+,35+,36+,37-,38-,39-,40-,44-,45+,46+,47-/m0/s1.